The molecule has 7 nitrogen and oxygen atoms in total. The Kier molecular flexibility index (Phi) is 6.05. The van der Waals surface area contributed by atoms with Crippen LogP contribution in [-0.4, -0.2) is 30.2 Å². The first kappa shape index (κ1) is 20.0. The number of hydrogen-bond acceptors (Lipinski definition) is 6. The summed E-state index contributed by atoms with van der Waals surface area (Å²) in [6.07, 6.45) is -0.0142. The molecule has 3 aromatic rings. The van der Waals surface area contributed by atoms with Gasteiger partial charge in [0.25, 0.3) is 0 Å². The molecule has 3 rings (SSSR count). The molecule has 0 aliphatic heterocycles. The molecule has 0 aliphatic rings. The van der Waals surface area contributed by atoms with Gasteiger partial charge in [0.2, 0.25) is 0 Å². The van der Waals surface area contributed by atoms with Crippen LogP contribution in [-0.2, 0) is 22.8 Å². The third kappa shape index (κ3) is 5.14. The third-order valence-electron chi connectivity index (χ3n) is 3.80. The first-order chi connectivity index (χ1) is 13.3. The Balaban J connectivity index is 1.56. The second-order valence-corrected chi connectivity index (χ2v) is 8.39. The van der Waals surface area contributed by atoms with Crippen LogP contribution in [0.25, 0.3) is 0 Å². The number of carbonyl (C=O) groups is 1. The van der Waals surface area contributed by atoms with Crippen LogP contribution in [0.2, 0.25) is 5.02 Å². The molecule has 0 atom stereocenters. The molecular weight excluding hydrogens is 409 g/mol. The minimum absolute atomic E-state index is 0.0142. The van der Waals surface area contributed by atoms with Gasteiger partial charge in [-0.1, -0.05) is 28.9 Å². The van der Waals surface area contributed by atoms with Gasteiger partial charge in [-0.05, 0) is 42.0 Å². The van der Waals surface area contributed by atoms with E-state index in [1.54, 1.807) is 0 Å². The maximum absolute atomic E-state index is 12.9. The Bertz CT molecular complexity index is 1070. The largest absolute Gasteiger partial charge is 0.344 e. The lowest BCUT2D eigenvalue weighted by atomic mass is 10.2. The topological polar surface area (TPSA) is 102 Å². The highest BCUT2D eigenvalue weighted by atomic mass is 35.5. The number of benzene rings is 2. The zero-order valence-electron chi connectivity index (χ0n) is 14.4. The van der Waals surface area contributed by atoms with Gasteiger partial charge in [0.15, 0.2) is 15.7 Å². The fourth-order valence-electron chi connectivity index (χ4n) is 2.29. The van der Waals surface area contributed by atoms with Crippen molar-refractivity contribution in [3.05, 3.63) is 76.6 Å². The van der Waals surface area contributed by atoms with E-state index in [-0.39, 0.29) is 41.1 Å². The van der Waals surface area contributed by atoms with Crippen LogP contribution in [0.3, 0.4) is 0 Å². The molecule has 0 fully saturated rings. The number of rotatable bonds is 7. The summed E-state index contributed by atoms with van der Waals surface area (Å²) < 4.78 is 42.4. The molecule has 2 aromatic carbocycles. The summed E-state index contributed by atoms with van der Waals surface area (Å²) in [7, 11) is -3.55. The van der Waals surface area contributed by atoms with Gasteiger partial charge in [-0.25, -0.2) is 12.8 Å². The summed E-state index contributed by atoms with van der Waals surface area (Å²) in [5.41, 5.74) is 0.698. The molecule has 0 aliphatic carbocycles. The smallest absolute Gasteiger partial charge is 0.315 e. The average molecular weight is 424 g/mol. The second kappa shape index (κ2) is 8.49. The number of aryl methyl sites for hydroxylation is 1. The fraction of sp³-hybridized carbons (Fsp3) is 0.167. The highest BCUT2D eigenvalue weighted by Crippen LogP contribution is 2.16. The van der Waals surface area contributed by atoms with E-state index >= 15 is 0 Å². The maximum Gasteiger partial charge on any atom is 0.315 e. The van der Waals surface area contributed by atoms with E-state index in [2.05, 4.69) is 15.5 Å². The lowest BCUT2D eigenvalue weighted by molar-refractivity contribution is 0.0907. The molecule has 0 radical (unpaired) electrons. The van der Waals surface area contributed by atoms with Gasteiger partial charge in [0, 0.05) is 18.0 Å². The molecular formula is C18H15ClFN3O4S. The van der Waals surface area contributed by atoms with E-state index in [1.165, 1.54) is 48.5 Å². The molecule has 28 heavy (non-hydrogen) atoms. The van der Waals surface area contributed by atoms with Crippen molar-refractivity contribution >= 4 is 27.3 Å². The SMILES string of the molecule is O=C(NCc1ccc(F)cc1)c1nc(CCS(=O)(=O)c2ccc(Cl)cc2)no1. The Morgan fingerprint density at radius 3 is 2.46 bits per heavy atom. The van der Waals surface area contributed by atoms with Gasteiger partial charge in [-0.15, -0.1) is 0 Å². The van der Waals surface area contributed by atoms with E-state index in [4.69, 9.17) is 16.1 Å². The van der Waals surface area contributed by atoms with Crippen LogP contribution in [0, 0.1) is 5.82 Å². The number of amides is 1. The van der Waals surface area contributed by atoms with Gasteiger partial charge in [0.1, 0.15) is 5.82 Å². The molecule has 146 valence electrons. The molecule has 0 bridgehead atoms. The molecule has 0 saturated heterocycles. The second-order valence-electron chi connectivity index (χ2n) is 5.85. The van der Waals surface area contributed by atoms with E-state index < -0.39 is 15.7 Å². The lowest BCUT2D eigenvalue weighted by Crippen LogP contribution is -2.23. The predicted molar refractivity (Wildman–Crippen MR) is 99.1 cm³/mol. The molecule has 0 spiro atoms. The van der Waals surface area contributed by atoms with Crippen LogP contribution in [0.4, 0.5) is 4.39 Å². The molecule has 0 saturated carbocycles. The number of aromatic nitrogens is 2. The van der Waals surface area contributed by atoms with E-state index in [1.807, 2.05) is 0 Å². The number of halogens is 2. The Morgan fingerprint density at radius 1 is 1.11 bits per heavy atom. The first-order valence-corrected chi connectivity index (χ1v) is 10.2. The van der Waals surface area contributed by atoms with Crippen molar-refractivity contribution in [3.8, 4) is 0 Å². The van der Waals surface area contributed by atoms with Crippen molar-refractivity contribution in [1.29, 1.82) is 0 Å². The highest BCUT2D eigenvalue weighted by Gasteiger charge is 2.19. The molecule has 1 heterocycles. The quantitative estimate of drug-likeness (QED) is 0.627. The monoisotopic (exact) mass is 423 g/mol. The van der Waals surface area contributed by atoms with Crippen LogP contribution in [0.1, 0.15) is 22.1 Å². The minimum atomic E-state index is -3.55. The number of nitrogens with one attached hydrogen (secondary N) is 1. The van der Waals surface area contributed by atoms with E-state index in [0.29, 0.717) is 10.6 Å². The zero-order chi connectivity index (χ0) is 20.1. The lowest BCUT2D eigenvalue weighted by Gasteiger charge is -2.02. The molecule has 1 N–H and O–H groups in total. The van der Waals surface area contributed by atoms with Crippen molar-refractivity contribution in [1.82, 2.24) is 15.5 Å². The number of hydrogen-bond donors (Lipinski definition) is 1. The Labute approximate surface area is 165 Å². The molecule has 0 unspecified atom stereocenters. The van der Waals surface area contributed by atoms with Gasteiger partial charge in [-0.2, -0.15) is 4.98 Å². The van der Waals surface area contributed by atoms with Crippen LogP contribution in [0.15, 0.2) is 57.9 Å². The molecule has 10 heteroatoms. The van der Waals surface area contributed by atoms with Gasteiger partial charge < -0.3 is 9.84 Å². The summed E-state index contributed by atoms with van der Waals surface area (Å²) in [4.78, 5) is 16.1. The first-order valence-electron chi connectivity index (χ1n) is 8.17. The van der Waals surface area contributed by atoms with Crippen molar-refractivity contribution < 1.29 is 22.1 Å². The Morgan fingerprint density at radius 2 is 1.79 bits per heavy atom. The summed E-state index contributed by atoms with van der Waals surface area (Å²) >= 11 is 5.76. The summed E-state index contributed by atoms with van der Waals surface area (Å²) in [5, 5.41) is 6.63. The maximum atomic E-state index is 12.9. The highest BCUT2D eigenvalue weighted by molar-refractivity contribution is 7.91. The fourth-order valence-corrected chi connectivity index (χ4v) is 3.66. The van der Waals surface area contributed by atoms with E-state index in [0.717, 1.165) is 0 Å². The van der Waals surface area contributed by atoms with Gasteiger partial charge in [-0.3, -0.25) is 4.79 Å². The molecule has 1 aromatic heterocycles. The van der Waals surface area contributed by atoms with Crippen LogP contribution < -0.4 is 5.32 Å². The van der Waals surface area contributed by atoms with Crippen molar-refractivity contribution in [2.75, 3.05) is 5.75 Å². The van der Waals surface area contributed by atoms with Crippen molar-refractivity contribution in [2.24, 2.45) is 0 Å². The Hall–Kier alpha value is -2.78. The van der Waals surface area contributed by atoms with Crippen molar-refractivity contribution in [2.45, 2.75) is 17.9 Å². The van der Waals surface area contributed by atoms with Gasteiger partial charge in [0.05, 0.1) is 10.6 Å². The molecule has 1 amide bonds. The number of nitrogens with zero attached hydrogens (tertiary/aromatic N) is 2. The van der Waals surface area contributed by atoms with E-state index in [9.17, 15) is 17.6 Å². The van der Waals surface area contributed by atoms with Crippen LogP contribution >= 0.6 is 11.6 Å². The summed E-state index contributed by atoms with van der Waals surface area (Å²) in [6, 6.07) is 11.5. The average Bonchev–Trinajstić information content (AvgIpc) is 3.15. The standard InChI is InChI=1S/C18H15ClFN3O4S/c19-13-3-7-15(8-4-13)28(25,26)10-9-16-22-18(27-23-16)17(24)21-11-12-1-5-14(20)6-2-12/h1-8H,9-11H2,(H,21,24). The summed E-state index contributed by atoms with van der Waals surface area (Å²) in [6.45, 7) is 0.155. The third-order valence-corrected chi connectivity index (χ3v) is 5.78. The normalized spacial score (nSPS) is 11.4. The predicted octanol–water partition coefficient (Wildman–Crippen LogP) is 2.81. The number of carbonyl (C=O) groups excluding carboxylic acids is 1. The minimum Gasteiger partial charge on any atom is -0.344 e. The zero-order valence-corrected chi connectivity index (χ0v) is 16.0. The van der Waals surface area contributed by atoms with Gasteiger partial charge >= 0.3 is 11.8 Å². The van der Waals surface area contributed by atoms with Crippen molar-refractivity contribution in [3.63, 3.8) is 0 Å². The number of sulfone groups is 1. The summed E-state index contributed by atoms with van der Waals surface area (Å²) in [5.74, 6) is -1.40. The van der Waals surface area contributed by atoms with Crippen LogP contribution in [0.5, 0.6) is 0 Å².